The molecular weight excluding hydrogens is 1710 g/mol. The average molecular weight is 1930 g/mol. The molecule has 0 bridgehead atoms. The van der Waals surface area contributed by atoms with E-state index in [0.29, 0.717) is 16.7 Å². The van der Waals surface area contributed by atoms with E-state index in [0.717, 1.165) is 50.9 Å². The van der Waals surface area contributed by atoms with Gasteiger partial charge in [-0.1, -0.05) is 584 Å². The summed E-state index contributed by atoms with van der Waals surface area (Å²) >= 11 is 0. The fraction of sp³-hybridized carbons (Fsp3) is 0.493. The van der Waals surface area contributed by atoms with Crippen molar-refractivity contribution >= 4 is 0 Å². The van der Waals surface area contributed by atoms with E-state index in [1.807, 2.05) is 140 Å². The molecule has 2 atom stereocenters. The molecule has 0 spiro atoms. The van der Waals surface area contributed by atoms with Crippen LogP contribution in [-0.4, -0.2) is 0 Å². The number of aryl methyl sites for hydroxylation is 5. The smallest absolute Gasteiger partial charge is 0.0349 e. The number of benzene rings is 12. The highest BCUT2D eigenvalue weighted by atomic mass is 14.4. The minimum atomic E-state index is -2.01. The van der Waals surface area contributed by atoms with Gasteiger partial charge < -0.3 is 0 Å². The lowest BCUT2D eigenvalue weighted by Gasteiger charge is -2.33. The summed E-state index contributed by atoms with van der Waals surface area (Å²) in [6.07, 6.45) is -2.23. The summed E-state index contributed by atoms with van der Waals surface area (Å²) in [5.74, 6) is -2.99. The van der Waals surface area contributed by atoms with Crippen LogP contribution in [0.15, 0.2) is 267 Å². The maximum atomic E-state index is 8.59. The highest BCUT2D eigenvalue weighted by Crippen LogP contribution is 2.45. The summed E-state index contributed by atoms with van der Waals surface area (Å²) < 4.78 is 97.5. The molecule has 0 amide bonds. The van der Waals surface area contributed by atoms with Gasteiger partial charge in [-0.15, -0.1) is 0 Å². The van der Waals surface area contributed by atoms with Crippen molar-refractivity contribution in [1.82, 2.24) is 0 Å². The molecule has 774 valence electrons. The second-order valence-corrected chi connectivity index (χ2v) is 51.7. The van der Waals surface area contributed by atoms with Crippen LogP contribution in [0.5, 0.6) is 0 Å². The second kappa shape index (κ2) is 53.1. The van der Waals surface area contributed by atoms with Crippen molar-refractivity contribution in [1.29, 1.82) is 0 Å². The Kier molecular flexibility index (Phi) is 39.5. The molecule has 0 fully saturated rings. The van der Waals surface area contributed by atoms with Gasteiger partial charge in [0.1, 0.15) is 0 Å². The molecule has 0 saturated heterocycles. The van der Waals surface area contributed by atoms with Crippen molar-refractivity contribution < 1.29 is 16.4 Å². The minimum Gasteiger partial charge on any atom is -0.0648 e. The third-order valence-electron chi connectivity index (χ3n) is 25.3. The predicted octanol–water partition coefficient (Wildman–Crippen LogP) is 43.3. The van der Waals surface area contributed by atoms with E-state index in [9.17, 15) is 0 Å². The van der Waals surface area contributed by atoms with Crippen LogP contribution >= 0.6 is 0 Å². The lowest BCUT2D eigenvalue weighted by atomic mass is 9.71. The first kappa shape index (κ1) is 105. The SMILES string of the molecule is CC(C)(C)c1c(-c2ccccc2)cccc1-c1ccccc1.CC(C)(C)c1ccccc1-c1ccccc1.CC(C)(C)c1ccccc1C(C)(C)C.Cc1cccc(C)c1C(C)(C)C.[2H]C(C)(C)c1cccc(C(C)(C)C)c1C(C)(C)C.[2H]C(C)(C)c1ccccc1C(C)(C)C.[2H]C([2H])([2H])c1cc(C)c(C(C)(C)C)c(C)c1.[2H]C([2H])(c1cccc(C([2H])([2H])C(C)C)c1C(C)(C)C)C(C)C.[2H]CC([2H])(C)c1cccc(C([2H])(C)CC)c1C(C)(C)C. The predicted molar refractivity (Wildman–Crippen MR) is 642 cm³/mol. The molecule has 0 N–H and O–H groups in total. The van der Waals surface area contributed by atoms with Crippen LogP contribution in [0, 0.1) is 46.4 Å². The second-order valence-electron chi connectivity index (χ2n) is 51.7. The van der Waals surface area contributed by atoms with Gasteiger partial charge in [-0.2, -0.15) is 0 Å². The van der Waals surface area contributed by atoms with Crippen molar-refractivity contribution in [3.63, 3.8) is 0 Å². The van der Waals surface area contributed by atoms with Gasteiger partial charge in [0.15, 0.2) is 0 Å². The number of hydrogen-bond donors (Lipinski definition) is 0. The monoisotopic (exact) mass is 1920 g/mol. The van der Waals surface area contributed by atoms with Crippen molar-refractivity contribution in [2.45, 2.75) is 448 Å². The molecule has 0 saturated carbocycles. The van der Waals surface area contributed by atoms with Gasteiger partial charge in [0.2, 0.25) is 0 Å². The van der Waals surface area contributed by atoms with Gasteiger partial charge in [-0.05, 0) is 299 Å². The highest BCUT2D eigenvalue weighted by Gasteiger charge is 2.32. The van der Waals surface area contributed by atoms with Crippen molar-refractivity contribution in [2.75, 3.05) is 0 Å². The van der Waals surface area contributed by atoms with Gasteiger partial charge in [-0.3, -0.25) is 0 Å². The van der Waals surface area contributed by atoms with Gasteiger partial charge in [0.05, 0.1) is 0 Å². The Morgan fingerprint density at radius 2 is 0.507 bits per heavy atom. The molecule has 0 nitrogen and oxygen atoms in total. The summed E-state index contributed by atoms with van der Waals surface area (Å²) in [4.78, 5) is 0. The first-order valence-corrected chi connectivity index (χ1v) is 52.6. The zero-order valence-electron chi connectivity index (χ0n) is 111. The Labute approximate surface area is 894 Å². The molecule has 2 unspecified atom stereocenters. The molecule has 0 radical (unpaired) electrons. The van der Waals surface area contributed by atoms with Crippen molar-refractivity contribution in [3.05, 3.63) is 389 Å². The molecule has 142 heavy (non-hydrogen) atoms. The van der Waals surface area contributed by atoms with Crippen molar-refractivity contribution in [2.24, 2.45) is 11.8 Å². The summed E-state index contributed by atoms with van der Waals surface area (Å²) in [6, 6.07) is 92.1. The standard InChI is InChI=1S/C22H22.C18H30.2C17H28.C16H18.C14H22.2C13H20.C12H18/c1-22(2,3)21-19(17-11-6-4-7-12-17)15-10-16-20(21)18-13-8-5-9-14-18;1-13(2)11-15-9-8-10-16(12-14(3)4)17(15)18(5,6)7;1-12(2)13-10-9-11-14(16(3,4)5)15(13)17(6,7)8;1-8-13(4)15-11-9-10-14(12(2)3)16(15)17(5,6)7;1-16(2,3)15-12-8-7-11-14(15)13-9-5-4-6-10-13;1-13(2,3)11-9-7-8-10-12(11)14(4,5)6;1-9-7-10(2)12(11(3)8-9)13(4,5)6;1-10(2)11-8-6-7-9-12(11)13(3,4)5;1-9-7-6-8-10(2)11(9)12(3,4)5/h4-16H,1-3H3;8-10,13-14H,11-12H2,1-7H3;9-12H,1-8H3;9-13H,8H2,1-7H3;4-12H,1-3H3;7-10H,1-6H3;7-8H,1-6H3;6-10H,1-5H3;6-8H,1-5H3/i;11D2,12D2;12D;2D,12D,13D;;;1D3;10D;. The quantitative estimate of drug-likeness (QED) is 0.114. The van der Waals surface area contributed by atoms with Gasteiger partial charge >= 0.3 is 0 Å². The fourth-order valence-corrected chi connectivity index (χ4v) is 19.5. The summed E-state index contributed by atoms with van der Waals surface area (Å²) in [5.41, 5.74) is 34.0. The first-order valence-electron chi connectivity index (χ1n) is 58.8. The van der Waals surface area contributed by atoms with Crippen LogP contribution in [0.1, 0.15) is 480 Å². The Bertz CT molecular complexity index is 6020. The minimum absolute atomic E-state index is 0.0281. The Balaban J connectivity index is 0.000000362. The maximum Gasteiger partial charge on any atom is 0.0349 e. The van der Waals surface area contributed by atoms with Crippen LogP contribution in [0.4, 0.5) is 0 Å². The third-order valence-corrected chi connectivity index (χ3v) is 25.3. The normalized spacial score (nSPS) is 14.7. The third kappa shape index (κ3) is 38.9. The van der Waals surface area contributed by atoms with Crippen LogP contribution in [0.25, 0.3) is 33.4 Å². The average Bonchev–Trinajstić information content (AvgIpc) is 0.746. The summed E-state index contributed by atoms with van der Waals surface area (Å²) in [7, 11) is 0. The van der Waals surface area contributed by atoms with E-state index < -0.39 is 43.2 Å². The van der Waals surface area contributed by atoms with Gasteiger partial charge in [-0.25, -0.2) is 0 Å². The zero-order valence-corrected chi connectivity index (χ0v) is 99.0. The summed E-state index contributed by atoms with van der Waals surface area (Å²) in [5, 5.41) is 0. The Morgan fingerprint density at radius 3 is 0.831 bits per heavy atom. The van der Waals surface area contributed by atoms with Crippen LogP contribution < -0.4 is 0 Å². The molecule has 0 heteroatoms. The molecule has 0 aliphatic rings. The van der Waals surface area contributed by atoms with Crippen molar-refractivity contribution in [3.8, 4) is 33.4 Å². The maximum absolute atomic E-state index is 8.59. The molecule has 0 aliphatic carbocycles. The molecule has 12 aromatic carbocycles. The number of hydrogen-bond acceptors (Lipinski definition) is 0. The molecule has 12 aromatic rings. The first-order chi connectivity index (χ1) is 69.6. The Hall–Kier alpha value is -9.36. The number of rotatable bonds is 12. The van der Waals surface area contributed by atoms with Crippen LogP contribution in [-0.2, 0) is 72.3 Å². The lowest BCUT2D eigenvalue weighted by Crippen LogP contribution is -2.24. The van der Waals surface area contributed by atoms with Gasteiger partial charge in [0.25, 0.3) is 0 Å². The molecule has 0 heterocycles. The van der Waals surface area contributed by atoms with E-state index in [-0.39, 0.29) is 78.3 Å². The molecular formula is C142H206. The molecule has 0 aromatic heterocycles. The van der Waals surface area contributed by atoms with E-state index in [2.05, 4.69) is 434 Å². The van der Waals surface area contributed by atoms with E-state index in [1.165, 1.54) is 94.6 Å². The van der Waals surface area contributed by atoms with E-state index >= 15 is 0 Å². The lowest BCUT2D eigenvalue weighted by molar-refractivity contribution is 0.521. The van der Waals surface area contributed by atoms with Crippen LogP contribution in [0.2, 0.25) is 0 Å². The van der Waals surface area contributed by atoms with E-state index in [4.69, 9.17) is 16.4 Å². The van der Waals surface area contributed by atoms with E-state index in [1.54, 1.807) is 25.1 Å². The molecule has 0 aliphatic heterocycles. The topological polar surface area (TPSA) is 0 Å². The van der Waals surface area contributed by atoms with Gasteiger partial charge in [0, 0.05) is 16.4 Å². The van der Waals surface area contributed by atoms with Crippen LogP contribution in [0.3, 0.4) is 0 Å². The summed E-state index contributed by atoms with van der Waals surface area (Å²) in [6.45, 7) is 101. The fourth-order valence-electron chi connectivity index (χ4n) is 19.5. The molecule has 12 rings (SSSR count). The zero-order chi connectivity index (χ0) is 119. The Morgan fingerprint density at radius 1 is 0.232 bits per heavy atom. The largest absolute Gasteiger partial charge is 0.0648 e. The highest BCUT2D eigenvalue weighted by molar-refractivity contribution is 5.80.